The van der Waals surface area contributed by atoms with Crippen molar-refractivity contribution in [2.45, 2.75) is 12.3 Å². The Hall–Kier alpha value is -4.36. The standard InChI is InChI=1S/C28H23ClN2O5/c1-31-17-21(12-15-27(31)32)26(30-35)16-24(23-4-2-3-5-25(23)29)20-8-6-18(7-9-20)19-10-13-22(14-11-19)36-28(33)34/h2-15,17,24,35H,16H2,1H3,(H,33,34)/b30-26+. The van der Waals surface area contributed by atoms with Gasteiger partial charge in [0.1, 0.15) is 5.75 Å². The van der Waals surface area contributed by atoms with Crippen molar-refractivity contribution in [1.82, 2.24) is 4.57 Å². The molecule has 2 N–H and O–H groups in total. The minimum absolute atomic E-state index is 0.156. The maximum Gasteiger partial charge on any atom is 0.511 e. The first-order valence-electron chi connectivity index (χ1n) is 11.1. The summed E-state index contributed by atoms with van der Waals surface area (Å²) in [5.41, 5.74) is 4.59. The first kappa shape index (κ1) is 24.8. The third-order valence-electron chi connectivity index (χ3n) is 5.92. The van der Waals surface area contributed by atoms with E-state index in [2.05, 4.69) is 9.89 Å². The van der Waals surface area contributed by atoms with Gasteiger partial charge in [0.25, 0.3) is 0 Å². The number of carboxylic acid groups (broad SMARTS) is 1. The van der Waals surface area contributed by atoms with E-state index in [9.17, 15) is 14.8 Å². The lowest BCUT2D eigenvalue weighted by Gasteiger charge is -2.20. The van der Waals surface area contributed by atoms with E-state index >= 15 is 0 Å². The van der Waals surface area contributed by atoms with Crippen molar-refractivity contribution in [1.29, 1.82) is 0 Å². The van der Waals surface area contributed by atoms with Crippen LogP contribution in [0.5, 0.6) is 5.75 Å². The quantitative estimate of drug-likeness (QED) is 0.103. The molecule has 4 aromatic rings. The van der Waals surface area contributed by atoms with Gasteiger partial charge < -0.3 is 19.6 Å². The van der Waals surface area contributed by atoms with Gasteiger partial charge in [0.05, 0.1) is 5.71 Å². The van der Waals surface area contributed by atoms with Crippen molar-refractivity contribution in [2.24, 2.45) is 12.2 Å². The second-order valence-corrected chi connectivity index (χ2v) is 8.61. The van der Waals surface area contributed by atoms with E-state index in [0.717, 1.165) is 22.3 Å². The molecule has 7 nitrogen and oxygen atoms in total. The van der Waals surface area contributed by atoms with E-state index in [1.54, 1.807) is 43.6 Å². The molecule has 1 atom stereocenters. The maximum absolute atomic E-state index is 11.8. The van der Waals surface area contributed by atoms with Gasteiger partial charge in [-0.15, -0.1) is 0 Å². The van der Waals surface area contributed by atoms with Crippen molar-refractivity contribution >= 4 is 23.5 Å². The SMILES string of the molecule is Cn1cc(/C(CC(c2ccc(-c3ccc(OC(=O)O)cc3)cc2)c2ccccc2Cl)=N/O)ccc1=O. The first-order chi connectivity index (χ1) is 17.4. The van der Waals surface area contributed by atoms with Crippen molar-refractivity contribution in [2.75, 3.05) is 0 Å². The van der Waals surface area contributed by atoms with E-state index in [1.807, 2.05) is 48.5 Å². The van der Waals surface area contributed by atoms with Gasteiger partial charge in [0.2, 0.25) is 5.56 Å². The van der Waals surface area contributed by atoms with Crippen LogP contribution in [-0.4, -0.2) is 26.7 Å². The molecule has 36 heavy (non-hydrogen) atoms. The van der Waals surface area contributed by atoms with Crippen LogP contribution in [0.3, 0.4) is 0 Å². The molecule has 3 aromatic carbocycles. The largest absolute Gasteiger partial charge is 0.511 e. The molecule has 0 aliphatic carbocycles. The third kappa shape index (κ3) is 5.64. The van der Waals surface area contributed by atoms with Crippen LogP contribution >= 0.6 is 11.6 Å². The molecule has 0 saturated carbocycles. The van der Waals surface area contributed by atoms with Crippen molar-refractivity contribution in [3.05, 3.63) is 123 Å². The number of nitrogens with zero attached hydrogens (tertiary/aromatic N) is 2. The summed E-state index contributed by atoms with van der Waals surface area (Å²) in [5, 5.41) is 22.7. The van der Waals surface area contributed by atoms with E-state index in [-0.39, 0.29) is 17.2 Å². The number of aromatic nitrogens is 1. The summed E-state index contributed by atoms with van der Waals surface area (Å²) in [7, 11) is 1.64. The van der Waals surface area contributed by atoms with Crippen LogP contribution in [0, 0.1) is 0 Å². The zero-order valence-electron chi connectivity index (χ0n) is 19.3. The van der Waals surface area contributed by atoms with Crippen LogP contribution in [0.4, 0.5) is 4.79 Å². The zero-order valence-corrected chi connectivity index (χ0v) is 20.1. The van der Waals surface area contributed by atoms with Crippen molar-refractivity contribution in [3.63, 3.8) is 0 Å². The van der Waals surface area contributed by atoms with Crippen LogP contribution in [0.1, 0.15) is 29.0 Å². The van der Waals surface area contributed by atoms with E-state index < -0.39 is 6.16 Å². The Labute approximate surface area is 212 Å². The molecule has 1 heterocycles. The van der Waals surface area contributed by atoms with Crippen LogP contribution in [-0.2, 0) is 7.05 Å². The third-order valence-corrected chi connectivity index (χ3v) is 6.27. The molecule has 0 aliphatic heterocycles. The van der Waals surface area contributed by atoms with Crippen LogP contribution in [0.15, 0.2) is 101 Å². The van der Waals surface area contributed by atoms with Gasteiger partial charge in [-0.05, 0) is 46.5 Å². The van der Waals surface area contributed by atoms with Crippen molar-refractivity contribution in [3.8, 4) is 16.9 Å². The minimum Gasteiger partial charge on any atom is -0.449 e. The number of benzene rings is 3. The Morgan fingerprint density at radius 3 is 2.19 bits per heavy atom. The molecular weight excluding hydrogens is 480 g/mol. The molecule has 4 rings (SSSR count). The number of pyridine rings is 1. The smallest absolute Gasteiger partial charge is 0.449 e. The Morgan fingerprint density at radius 1 is 0.972 bits per heavy atom. The Bertz CT molecular complexity index is 1460. The molecule has 0 aliphatic rings. The first-order valence-corrected chi connectivity index (χ1v) is 11.5. The van der Waals surface area contributed by atoms with Gasteiger partial charge in [-0.3, -0.25) is 4.79 Å². The molecule has 1 unspecified atom stereocenters. The summed E-state index contributed by atoms with van der Waals surface area (Å²) in [6.07, 6.45) is 0.627. The lowest BCUT2D eigenvalue weighted by Crippen LogP contribution is -2.18. The molecule has 0 spiro atoms. The van der Waals surface area contributed by atoms with Gasteiger partial charge in [0.15, 0.2) is 0 Å². The topological polar surface area (TPSA) is 101 Å². The molecular formula is C28H23ClN2O5. The summed E-state index contributed by atoms with van der Waals surface area (Å²) >= 11 is 6.56. The van der Waals surface area contributed by atoms with Crippen LogP contribution in [0.25, 0.3) is 11.1 Å². The number of ether oxygens (including phenoxy) is 1. The second kappa shape index (κ2) is 10.9. The van der Waals surface area contributed by atoms with E-state index in [4.69, 9.17) is 16.7 Å². The Morgan fingerprint density at radius 2 is 1.61 bits per heavy atom. The summed E-state index contributed by atoms with van der Waals surface area (Å²) in [4.78, 5) is 22.5. The number of rotatable bonds is 7. The number of hydrogen-bond acceptors (Lipinski definition) is 5. The average molecular weight is 503 g/mol. The number of oxime groups is 1. The van der Waals surface area contributed by atoms with Gasteiger partial charge in [0, 0.05) is 42.2 Å². The van der Waals surface area contributed by atoms with Crippen molar-refractivity contribution < 1.29 is 19.8 Å². The number of carbonyl (C=O) groups is 1. The number of hydrogen-bond donors (Lipinski definition) is 2. The Balaban J connectivity index is 1.67. The average Bonchev–Trinajstić information content (AvgIpc) is 2.88. The summed E-state index contributed by atoms with van der Waals surface area (Å²) < 4.78 is 6.10. The fourth-order valence-corrected chi connectivity index (χ4v) is 4.33. The predicted octanol–water partition coefficient (Wildman–Crippen LogP) is 6.16. The van der Waals surface area contributed by atoms with Crippen LogP contribution in [0.2, 0.25) is 5.02 Å². The highest BCUT2D eigenvalue weighted by atomic mass is 35.5. The maximum atomic E-state index is 11.8. The highest BCUT2D eigenvalue weighted by Crippen LogP contribution is 2.35. The van der Waals surface area contributed by atoms with E-state index in [1.165, 1.54) is 10.6 Å². The van der Waals surface area contributed by atoms with Gasteiger partial charge in [-0.2, -0.15) is 0 Å². The Kier molecular flexibility index (Phi) is 7.51. The predicted molar refractivity (Wildman–Crippen MR) is 138 cm³/mol. The fraction of sp³-hybridized carbons (Fsp3) is 0.107. The zero-order chi connectivity index (χ0) is 25.7. The summed E-state index contributed by atoms with van der Waals surface area (Å²) in [5.74, 6) is 0.0260. The molecule has 182 valence electrons. The number of aryl methyl sites for hydroxylation is 1. The minimum atomic E-state index is -1.36. The highest BCUT2D eigenvalue weighted by Gasteiger charge is 2.21. The lowest BCUT2D eigenvalue weighted by atomic mass is 9.85. The molecule has 8 heteroatoms. The molecule has 0 fully saturated rings. The van der Waals surface area contributed by atoms with Gasteiger partial charge in [-0.1, -0.05) is 71.4 Å². The van der Waals surface area contributed by atoms with Gasteiger partial charge >= 0.3 is 6.16 Å². The van der Waals surface area contributed by atoms with Crippen LogP contribution < -0.4 is 10.3 Å². The van der Waals surface area contributed by atoms with E-state index in [0.29, 0.717) is 22.7 Å². The summed E-state index contributed by atoms with van der Waals surface area (Å²) in [6.45, 7) is 0. The fourth-order valence-electron chi connectivity index (χ4n) is 4.06. The molecule has 0 amide bonds. The molecule has 0 bridgehead atoms. The normalized spacial score (nSPS) is 12.2. The summed E-state index contributed by atoms with van der Waals surface area (Å²) in [6, 6.07) is 25.3. The molecule has 1 aromatic heterocycles. The van der Waals surface area contributed by atoms with Gasteiger partial charge in [-0.25, -0.2) is 4.79 Å². The highest BCUT2D eigenvalue weighted by molar-refractivity contribution is 6.31. The lowest BCUT2D eigenvalue weighted by molar-refractivity contribution is 0.144. The monoisotopic (exact) mass is 502 g/mol. The molecule has 0 radical (unpaired) electrons. The number of halogens is 1. The molecule has 0 saturated heterocycles. The second-order valence-electron chi connectivity index (χ2n) is 8.21.